The number of rotatable bonds is 2. The molecule has 0 saturated carbocycles. The maximum absolute atomic E-state index is 13.1. The van der Waals surface area contributed by atoms with Gasteiger partial charge in [0.2, 0.25) is 0 Å². The van der Waals surface area contributed by atoms with Crippen LogP contribution in [0.2, 0.25) is 0 Å². The van der Waals surface area contributed by atoms with Crippen LogP contribution in [0.1, 0.15) is 5.56 Å². The number of amides is 1. The maximum atomic E-state index is 13.1. The van der Waals surface area contributed by atoms with E-state index in [1.807, 2.05) is 0 Å². The minimum atomic E-state index is -0.591. The van der Waals surface area contributed by atoms with Crippen molar-refractivity contribution in [1.29, 1.82) is 0 Å². The number of aromatic hydroxyl groups is 1. The number of aromatic amines is 2. The zero-order chi connectivity index (χ0) is 21.2. The highest BCUT2D eigenvalue weighted by molar-refractivity contribution is 9.10. The van der Waals surface area contributed by atoms with Gasteiger partial charge in [-0.2, -0.15) is 0 Å². The third-order valence-electron chi connectivity index (χ3n) is 5.22. The van der Waals surface area contributed by atoms with Crippen molar-refractivity contribution in [3.05, 3.63) is 83.8 Å². The van der Waals surface area contributed by atoms with Crippen LogP contribution < -0.4 is 21.7 Å². The average molecular weight is 465 g/mol. The largest absolute Gasteiger partial charge is 0.506 e. The van der Waals surface area contributed by atoms with E-state index in [-0.39, 0.29) is 28.1 Å². The summed E-state index contributed by atoms with van der Waals surface area (Å²) >= 11 is 3.34. The molecule has 0 radical (unpaired) electrons. The van der Waals surface area contributed by atoms with E-state index in [9.17, 15) is 19.5 Å². The Morgan fingerprint density at radius 1 is 1.03 bits per heavy atom. The number of hydrogen-bond acceptors (Lipinski definition) is 4. The van der Waals surface area contributed by atoms with Gasteiger partial charge in [0, 0.05) is 22.1 Å². The third-order valence-corrected chi connectivity index (χ3v) is 5.71. The van der Waals surface area contributed by atoms with Crippen LogP contribution in [0, 0.1) is 0 Å². The van der Waals surface area contributed by atoms with Crippen molar-refractivity contribution >= 4 is 38.3 Å². The third kappa shape index (κ3) is 2.45. The van der Waals surface area contributed by atoms with Gasteiger partial charge in [-0.1, -0.05) is 34.1 Å². The second kappa shape index (κ2) is 6.39. The van der Waals surface area contributed by atoms with Gasteiger partial charge >= 0.3 is 0 Å². The predicted octanol–water partition coefficient (Wildman–Crippen LogP) is 1.05. The van der Waals surface area contributed by atoms with Crippen LogP contribution in [-0.4, -0.2) is 25.8 Å². The second-order valence-corrected chi connectivity index (χ2v) is 7.80. The number of carbonyl (C=O) groups excluding carboxylic acids is 1. The van der Waals surface area contributed by atoms with E-state index in [0.29, 0.717) is 21.5 Å². The summed E-state index contributed by atoms with van der Waals surface area (Å²) in [5.41, 5.74) is -0.584. The van der Waals surface area contributed by atoms with Crippen LogP contribution >= 0.6 is 15.9 Å². The van der Waals surface area contributed by atoms with E-state index in [1.165, 1.54) is 4.57 Å². The Labute approximate surface area is 175 Å². The number of carbonyl (C=O) groups is 1. The Bertz CT molecular complexity index is 1640. The monoisotopic (exact) mass is 464 g/mol. The summed E-state index contributed by atoms with van der Waals surface area (Å²) in [7, 11) is 1.58. The second-order valence-electron chi connectivity index (χ2n) is 6.89. The van der Waals surface area contributed by atoms with Crippen molar-refractivity contribution in [2.75, 3.05) is 0 Å². The minimum Gasteiger partial charge on any atom is -0.506 e. The first-order valence-electron chi connectivity index (χ1n) is 8.93. The summed E-state index contributed by atoms with van der Waals surface area (Å²) in [5.74, 6) is -0.865. The minimum absolute atomic E-state index is 0.0347. The molecule has 5 rings (SSSR count). The van der Waals surface area contributed by atoms with E-state index >= 15 is 0 Å². The number of hydrogen-bond donors (Lipinski definition) is 3. The number of aryl methyl sites for hydroxylation is 1. The smallest absolute Gasteiger partial charge is 0.279 e. The molecule has 1 aliphatic heterocycles. The van der Waals surface area contributed by atoms with Gasteiger partial charge in [0.05, 0.1) is 27.7 Å². The lowest BCUT2D eigenvalue weighted by atomic mass is 9.98. The number of nitrogens with zero attached hydrogens (tertiary/aromatic N) is 2. The van der Waals surface area contributed by atoms with Crippen molar-refractivity contribution < 1.29 is 9.90 Å². The van der Waals surface area contributed by atoms with Crippen LogP contribution in [0.3, 0.4) is 0 Å². The molecule has 2 aromatic carbocycles. The van der Waals surface area contributed by atoms with Gasteiger partial charge in [-0.05, 0) is 24.3 Å². The van der Waals surface area contributed by atoms with Crippen molar-refractivity contribution in [2.45, 2.75) is 0 Å². The van der Waals surface area contributed by atoms with Crippen molar-refractivity contribution in [2.24, 2.45) is 12.0 Å². The van der Waals surface area contributed by atoms with Gasteiger partial charge in [0.1, 0.15) is 11.3 Å². The van der Waals surface area contributed by atoms with Crippen molar-refractivity contribution in [1.82, 2.24) is 14.8 Å². The lowest BCUT2D eigenvalue weighted by Gasteiger charge is -2.11. The molecule has 0 spiro atoms. The number of H-pyrrole nitrogens is 2. The zero-order valence-electron chi connectivity index (χ0n) is 15.5. The quantitative estimate of drug-likeness (QED) is 0.410. The van der Waals surface area contributed by atoms with Gasteiger partial charge in [-0.3, -0.25) is 24.6 Å². The summed E-state index contributed by atoms with van der Waals surface area (Å²) in [6, 6.07) is 12.0. The first kappa shape index (κ1) is 18.3. The van der Waals surface area contributed by atoms with Crippen LogP contribution in [-0.2, 0) is 11.8 Å². The fourth-order valence-electron chi connectivity index (χ4n) is 3.82. The molecule has 0 atom stereocenters. The summed E-state index contributed by atoms with van der Waals surface area (Å²) in [6.45, 7) is 0. The van der Waals surface area contributed by atoms with Crippen molar-refractivity contribution in [3.63, 3.8) is 0 Å². The zero-order valence-corrected chi connectivity index (χ0v) is 17.1. The fraction of sp³-hybridized carbons (Fsp3) is 0.0476. The molecule has 0 fully saturated rings. The molecular formula is C21H13BrN4O4. The van der Waals surface area contributed by atoms with E-state index in [2.05, 4.69) is 31.1 Å². The molecule has 1 amide bonds. The molecule has 30 heavy (non-hydrogen) atoms. The Balaban J connectivity index is 1.91. The number of para-hydroxylation sites is 1. The molecule has 0 unspecified atom stereocenters. The van der Waals surface area contributed by atoms with Crippen LogP contribution in [0.25, 0.3) is 27.7 Å². The van der Waals surface area contributed by atoms with Gasteiger partial charge in [0.15, 0.2) is 0 Å². The molecule has 3 N–H and O–H groups in total. The fourth-order valence-corrected chi connectivity index (χ4v) is 4.17. The lowest BCUT2D eigenvalue weighted by Crippen LogP contribution is -2.25. The van der Waals surface area contributed by atoms with Crippen LogP contribution in [0.15, 0.2) is 61.5 Å². The number of pyridine rings is 1. The first-order chi connectivity index (χ1) is 14.4. The van der Waals surface area contributed by atoms with E-state index in [4.69, 9.17) is 0 Å². The average Bonchev–Trinajstić information content (AvgIpc) is 3.24. The highest BCUT2D eigenvalue weighted by Crippen LogP contribution is 2.34. The Hall–Kier alpha value is -3.72. The molecule has 0 bridgehead atoms. The van der Waals surface area contributed by atoms with Crippen LogP contribution in [0.4, 0.5) is 0 Å². The molecule has 0 aliphatic carbocycles. The molecule has 148 valence electrons. The number of aromatic nitrogens is 3. The molecule has 4 aromatic rings. The molecule has 3 heterocycles. The Kier molecular flexibility index (Phi) is 3.90. The molecule has 2 aromatic heterocycles. The summed E-state index contributed by atoms with van der Waals surface area (Å²) < 4.78 is 2.12. The number of benzene rings is 2. The van der Waals surface area contributed by atoms with E-state index in [0.717, 1.165) is 4.47 Å². The van der Waals surface area contributed by atoms with E-state index < -0.39 is 17.0 Å². The maximum Gasteiger partial charge on any atom is 0.279 e. The highest BCUT2D eigenvalue weighted by atomic mass is 79.9. The van der Waals surface area contributed by atoms with Gasteiger partial charge in [0.25, 0.3) is 17.0 Å². The van der Waals surface area contributed by atoms with Gasteiger partial charge < -0.3 is 9.67 Å². The Morgan fingerprint density at radius 2 is 1.80 bits per heavy atom. The molecule has 8 nitrogen and oxygen atoms in total. The molecule has 0 saturated heterocycles. The molecule has 1 aliphatic rings. The van der Waals surface area contributed by atoms with Crippen LogP contribution in [0.5, 0.6) is 5.75 Å². The summed E-state index contributed by atoms with van der Waals surface area (Å²) in [5, 5.41) is 17.4. The van der Waals surface area contributed by atoms with Gasteiger partial charge in [-0.25, -0.2) is 4.99 Å². The highest BCUT2D eigenvalue weighted by Gasteiger charge is 2.29. The number of halogens is 1. The molecule has 9 heteroatoms. The topological polar surface area (TPSA) is 120 Å². The standard InChI is InChI=1S/C21H13BrN4O4/c1-26-13-5-3-2-4-11(13)18(27)16(21(26)30)17-15(20(29)25-24-17)14-10-7-6-9(22)8-12(10)23-19(14)28/h2-8,27H,1H3,(H2,24,25,29). The Morgan fingerprint density at radius 3 is 2.60 bits per heavy atom. The van der Waals surface area contributed by atoms with E-state index in [1.54, 1.807) is 49.5 Å². The first-order valence-corrected chi connectivity index (χ1v) is 9.72. The predicted molar refractivity (Wildman–Crippen MR) is 114 cm³/mol. The van der Waals surface area contributed by atoms with Gasteiger partial charge in [-0.15, -0.1) is 0 Å². The number of nitrogens with one attached hydrogen (secondary N) is 2. The summed E-state index contributed by atoms with van der Waals surface area (Å²) in [6.07, 6.45) is 0. The normalized spacial score (nSPS) is 13.0. The van der Waals surface area contributed by atoms with Crippen molar-refractivity contribution in [3.8, 4) is 17.0 Å². The SMILES string of the molecule is Cn1c(=O)c(-c2[nH][nH]c(=O)c2C2=c3ccc(Br)cc3=NC2=O)c(O)c2ccccc21. The summed E-state index contributed by atoms with van der Waals surface area (Å²) in [4.78, 5) is 42.5. The molecular weight excluding hydrogens is 452 g/mol. The lowest BCUT2D eigenvalue weighted by molar-refractivity contribution is -0.112. The number of fused-ring (bicyclic) bond motifs is 2.